The molecule has 24 heavy (non-hydrogen) atoms. The fourth-order valence-electron chi connectivity index (χ4n) is 3.51. The molecule has 0 spiro atoms. The van der Waals surface area contributed by atoms with E-state index in [1.54, 1.807) is 6.20 Å². The molecule has 1 saturated heterocycles. The maximum Gasteiger partial charge on any atom is 0.242 e. The van der Waals surface area contributed by atoms with Crippen LogP contribution in [0.5, 0.6) is 0 Å². The smallest absolute Gasteiger partial charge is 0.242 e. The van der Waals surface area contributed by atoms with Crippen molar-refractivity contribution in [1.82, 2.24) is 20.0 Å². The van der Waals surface area contributed by atoms with Gasteiger partial charge in [-0.25, -0.2) is 0 Å². The van der Waals surface area contributed by atoms with Gasteiger partial charge >= 0.3 is 0 Å². The Morgan fingerprint density at radius 2 is 2.08 bits per heavy atom. The quantitative estimate of drug-likeness (QED) is 0.888. The van der Waals surface area contributed by atoms with Crippen LogP contribution < -0.4 is 5.32 Å². The Morgan fingerprint density at radius 1 is 1.29 bits per heavy atom. The second-order valence-electron chi connectivity index (χ2n) is 6.74. The monoisotopic (exact) mass is 326 g/mol. The van der Waals surface area contributed by atoms with Gasteiger partial charge in [0.05, 0.1) is 6.54 Å². The maximum absolute atomic E-state index is 12.9. The first-order valence-corrected chi connectivity index (χ1v) is 8.73. The summed E-state index contributed by atoms with van der Waals surface area (Å²) in [6.07, 6.45) is 6.00. The van der Waals surface area contributed by atoms with Crippen LogP contribution in [0.1, 0.15) is 38.3 Å². The average molecular weight is 326 g/mol. The van der Waals surface area contributed by atoms with Crippen LogP contribution in [-0.2, 0) is 11.3 Å². The number of carbonyl (C=O) groups is 1. The van der Waals surface area contributed by atoms with E-state index in [1.165, 1.54) is 0 Å². The highest BCUT2D eigenvalue weighted by Crippen LogP contribution is 2.30. The normalized spacial score (nSPS) is 19.5. The first-order chi connectivity index (χ1) is 11.6. The Balaban J connectivity index is 1.84. The van der Waals surface area contributed by atoms with Gasteiger partial charge in [0, 0.05) is 24.5 Å². The predicted molar refractivity (Wildman–Crippen MR) is 94.4 cm³/mol. The average Bonchev–Trinajstić information content (AvgIpc) is 3.21. The third kappa shape index (κ3) is 3.85. The highest BCUT2D eigenvalue weighted by Gasteiger charge is 2.36. The van der Waals surface area contributed by atoms with E-state index in [1.807, 2.05) is 61.1 Å². The summed E-state index contributed by atoms with van der Waals surface area (Å²) in [5.41, 5.74) is 1.06. The number of hydrogen-bond donors (Lipinski definition) is 1. The third-order valence-electron chi connectivity index (χ3n) is 4.51. The van der Waals surface area contributed by atoms with Gasteiger partial charge in [-0.05, 0) is 44.9 Å². The fourth-order valence-corrected chi connectivity index (χ4v) is 3.51. The van der Waals surface area contributed by atoms with Gasteiger partial charge in [0.25, 0.3) is 0 Å². The highest BCUT2D eigenvalue weighted by molar-refractivity contribution is 5.83. The molecule has 0 saturated carbocycles. The van der Waals surface area contributed by atoms with Crippen LogP contribution in [0.15, 0.2) is 48.8 Å². The van der Waals surface area contributed by atoms with Gasteiger partial charge in [-0.2, -0.15) is 5.10 Å². The first-order valence-electron chi connectivity index (χ1n) is 8.73. The zero-order valence-corrected chi connectivity index (χ0v) is 14.4. The number of likely N-dealkylation sites (tertiary alicyclic amines) is 1. The van der Waals surface area contributed by atoms with Gasteiger partial charge in [-0.1, -0.05) is 30.3 Å². The van der Waals surface area contributed by atoms with Crippen molar-refractivity contribution in [2.24, 2.45) is 0 Å². The molecule has 0 radical (unpaired) electrons. The Morgan fingerprint density at radius 3 is 2.75 bits per heavy atom. The van der Waals surface area contributed by atoms with Gasteiger partial charge in [0.15, 0.2) is 0 Å². The minimum atomic E-state index is -0.239. The van der Waals surface area contributed by atoms with Crippen molar-refractivity contribution in [1.29, 1.82) is 0 Å². The Labute approximate surface area is 143 Å². The molecule has 1 fully saturated rings. The molecular weight excluding hydrogens is 300 g/mol. The summed E-state index contributed by atoms with van der Waals surface area (Å²) in [4.78, 5) is 15.3. The Bertz CT molecular complexity index is 639. The minimum absolute atomic E-state index is 0.0866. The number of hydrogen-bond acceptors (Lipinski definition) is 3. The van der Waals surface area contributed by atoms with E-state index in [9.17, 15) is 4.79 Å². The fraction of sp³-hybridized carbons (Fsp3) is 0.474. The van der Waals surface area contributed by atoms with E-state index < -0.39 is 0 Å². The van der Waals surface area contributed by atoms with Crippen molar-refractivity contribution >= 4 is 5.91 Å². The summed E-state index contributed by atoms with van der Waals surface area (Å²) in [7, 11) is 0. The zero-order valence-electron chi connectivity index (χ0n) is 14.4. The van der Waals surface area contributed by atoms with E-state index in [-0.39, 0.29) is 18.0 Å². The molecule has 2 aromatic rings. The summed E-state index contributed by atoms with van der Waals surface area (Å²) in [5, 5.41) is 7.42. The number of benzene rings is 1. The van der Waals surface area contributed by atoms with Crippen LogP contribution in [0.3, 0.4) is 0 Å². The molecule has 1 amide bonds. The molecule has 0 bridgehead atoms. The van der Waals surface area contributed by atoms with E-state index >= 15 is 0 Å². The zero-order chi connectivity index (χ0) is 16.9. The molecule has 1 aliphatic rings. The highest BCUT2D eigenvalue weighted by atomic mass is 16.2. The third-order valence-corrected chi connectivity index (χ3v) is 4.51. The molecule has 2 atom stereocenters. The van der Waals surface area contributed by atoms with Crippen LogP contribution in [0.25, 0.3) is 0 Å². The topological polar surface area (TPSA) is 50.2 Å². The molecule has 5 nitrogen and oxygen atoms in total. The van der Waals surface area contributed by atoms with Gasteiger partial charge < -0.3 is 5.32 Å². The number of aromatic nitrogens is 2. The van der Waals surface area contributed by atoms with Crippen LogP contribution in [0.4, 0.5) is 0 Å². The molecule has 0 unspecified atom stereocenters. The molecule has 0 aliphatic carbocycles. The van der Waals surface area contributed by atoms with Crippen molar-refractivity contribution in [3.05, 3.63) is 54.4 Å². The molecular formula is C19H26N4O. The van der Waals surface area contributed by atoms with Crippen LogP contribution in [-0.4, -0.2) is 39.2 Å². The van der Waals surface area contributed by atoms with Gasteiger partial charge in [-0.3, -0.25) is 14.4 Å². The lowest BCUT2D eigenvalue weighted by Gasteiger charge is -2.33. The molecule has 128 valence electrons. The van der Waals surface area contributed by atoms with Gasteiger partial charge in [0.1, 0.15) is 6.04 Å². The standard InChI is InChI=1S/C19H26N4O/c1-15(2)21-19(24)18(16-8-4-3-5-9-16)23-13-6-10-17(23)14-22-12-7-11-20-22/h3-5,7-9,11-12,15,17-18H,6,10,13-14H2,1-2H3,(H,21,24)/t17-,18-/m0/s1. The molecule has 2 heterocycles. The van der Waals surface area contributed by atoms with E-state index in [4.69, 9.17) is 0 Å². The SMILES string of the molecule is CC(C)NC(=O)[C@H](c1ccccc1)N1CCC[C@H]1Cn1cccn1. The van der Waals surface area contributed by atoms with Crippen LogP contribution >= 0.6 is 0 Å². The summed E-state index contributed by atoms with van der Waals surface area (Å²) in [6, 6.07) is 12.3. The number of rotatable bonds is 6. The summed E-state index contributed by atoms with van der Waals surface area (Å²) >= 11 is 0. The van der Waals surface area contributed by atoms with Crippen molar-refractivity contribution in [2.75, 3.05) is 6.54 Å². The molecule has 5 heteroatoms. The Kier molecular flexibility index (Phi) is 5.30. The lowest BCUT2D eigenvalue weighted by Crippen LogP contribution is -2.45. The van der Waals surface area contributed by atoms with Crippen molar-refractivity contribution < 1.29 is 4.79 Å². The molecule has 1 aromatic carbocycles. The Hall–Kier alpha value is -2.14. The van der Waals surface area contributed by atoms with E-state index in [0.29, 0.717) is 6.04 Å². The summed E-state index contributed by atoms with van der Waals surface area (Å²) in [5.74, 6) is 0.0866. The lowest BCUT2D eigenvalue weighted by atomic mass is 10.0. The second-order valence-corrected chi connectivity index (χ2v) is 6.74. The van der Waals surface area contributed by atoms with E-state index in [0.717, 1.165) is 31.5 Å². The molecule has 1 aromatic heterocycles. The van der Waals surface area contributed by atoms with Crippen molar-refractivity contribution in [3.8, 4) is 0 Å². The summed E-state index contributed by atoms with van der Waals surface area (Å²) in [6.45, 7) is 5.78. The van der Waals surface area contributed by atoms with Crippen LogP contribution in [0, 0.1) is 0 Å². The number of nitrogens with one attached hydrogen (secondary N) is 1. The lowest BCUT2D eigenvalue weighted by molar-refractivity contribution is -0.127. The first kappa shape index (κ1) is 16.7. The van der Waals surface area contributed by atoms with Crippen LogP contribution in [0.2, 0.25) is 0 Å². The largest absolute Gasteiger partial charge is 0.352 e. The molecule has 1 N–H and O–H groups in total. The predicted octanol–water partition coefficient (Wildman–Crippen LogP) is 2.61. The molecule has 3 rings (SSSR count). The van der Waals surface area contributed by atoms with Crippen molar-refractivity contribution in [2.45, 2.75) is 51.4 Å². The number of nitrogens with zero attached hydrogens (tertiary/aromatic N) is 3. The minimum Gasteiger partial charge on any atom is -0.352 e. The second kappa shape index (κ2) is 7.62. The van der Waals surface area contributed by atoms with E-state index in [2.05, 4.69) is 15.3 Å². The summed E-state index contributed by atoms with van der Waals surface area (Å²) < 4.78 is 1.96. The maximum atomic E-state index is 12.9. The van der Waals surface area contributed by atoms with Gasteiger partial charge in [-0.15, -0.1) is 0 Å². The van der Waals surface area contributed by atoms with Gasteiger partial charge in [0.2, 0.25) is 5.91 Å². The molecule has 1 aliphatic heterocycles. The van der Waals surface area contributed by atoms with Crippen molar-refractivity contribution in [3.63, 3.8) is 0 Å². The number of amides is 1. The number of carbonyl (C=O) groups excluding carboxylic acids is 1.